The molecule has 1 unspecified atom stereocenters. The number of phenolic OH excluding ortho intramolecular Hbond substituents is 1. The van der Waals surface area contributed by atoms with Gasteiger partial charge in [-0.15, -0.1) is 0 Å². The Kier molecular flexibility index (Phi) is 0.926. The highest BCUT2D eigenvalue weighted by molar-refractivity contribution is 5.28. The first-order valence-electron chi connectivity index (χ1n) is 7.56. The number of hydrogen-bond acceptors (Lipinski definition) is 3. The Bertz CT molecular complexity index is 528. The number of nitrogens with one attached hydrogen (secondary N) is 1. The highest BCUT2D eigenvalue weighted by Crippen LogP contribution is 2.17. The molecule has 0 heterocycles. The second-order valence-corrected chi connectivity index (χ2v) is 1.93. The Labute approximate surface area is 84.3 Å². The fourth-order valence-electron chi connectivity index (χ4n) is 0.625. The van der Waals surface area contributed by atoms with Crippen LogP contribution in [0.2, 0.25) is 0 Å². The van der Waals surface area contributed by atoms with Gasteiger partial charge in [0.15, 0.2) is 0 Å². The summed E-state index contributed by atoms with van der Waals surface area (Å²) in [6, 6.07) is -3.33. The summed E-state index contributed by atoms with van der Waals surface area (Å²) in [7, 11) is 0. The van der Waals surface area contributed by atoms with Crippen LogP contribution in [-0.4, -0.2) is 23.7 Å². The van der Waals surface area contributed by atoms with Crippen molar-refractivity contribution in [1.82, 2.24) is 5.32 Å². The molecule has 3 heteroatoms. The van der Waals surface area contributed by atoms with Crippen LogP contribution < -0.4 is 5.32 Å². The van der Waals surface area contributed by atoms with Crippen molar-refractivity contribution in [1.29, 1.82) is 0 Å². The van der Waals surface area contributed by atoms with E-state index in [1.165, 1.54) is 5.32 Å². The summed E-state index contributed by atoms with van der Waals surface area (Å²) in [5, 5.41) is 21.0. The molecule has 0 fully saturated rings. The Morgan fingerprint density at radius 2 is 2.67 bits per heavy atom. The second kappa shape index (κ2) is 4.09. The van der Waals surface area contributed by atoms with Crippen molar-refractivity contribution in [2.45, 2.75) is 6.10 Å². The molecule has 0 amide bonds. The van der Waals surface area contributed by atoms with Gasteiger partial charge in [-0.3, -0.25) is 0 Å². The van der Waals surface area contributed by atoms with Crippen LogP contribution in [0.3, 0.4) is 0 Å². The van der Waals surface area contributed by atoms with Gasteiger partial charge in [-0.1, -0.05) is 12.1 Å². The number of aliphatic hydroxyl groups is 1. The topological polar surface area (TPSA) is 52.5 Å². The lowest BCUT2D eigenvalue weighted by Crippen LogP contribution is -2.16. The number of aromatic hydroxyl groups is 1. The van der Waals surface area contributed by atoms with Gasteiger partial charge in [-0.2, -0.15) is 0 Å². The van der Waals surface area contributed by atoms with Crippen LogP contribution >= 0.6 is 0 Å². The highest BCUT2D eigenvalue weighted by Gasteiger charge is 2.05. The zero-order chi connectivity index (χ0) is 16.7. The Morgan fingerprint density at radius 1 is 1.83 bits per heavy atom. The van der Waals surface area contributed by atoms with Crippen LogP contribution in [0.25, 0.3) is 0 Å². The van der Waals surface area contributed by atoms with Crippen LogP contribution in [-0.2, 0) is 0 Å². The third kappa shape index (κ3) is 2.22. The minimum Gasteiger partial charge on any atom is -0.508 e. The normalized spacial score (nSPS) is 25.9. The van der Waals surface area contributed by atoms with E-state index in [0.29, 0.717) is 0 Å². The van der Waals surface area contributed by atoms with Gasteiger partial charge in [0.25, 0.3) is 0 Å². The molecule has 0 aliphatic carbocycles. The first kappa shape index (κ1) is 2.72. The molecule has 0 saturated heterocycles. The van der Waals surface area contributed by atoms with Gasteiger partial charge in [0, 0.05) is 13.4 Å². The van der Waals surface area contributed by atoms with Crippen LogP contribution in [0.5, 0.6) is 5.75 Å². The molecule has 1 aromatic carbocycles. The van der Waals surface area contributed by atoms with Crippen LogP contribution in [0.4, 0.5) is 0 Å². The predicted octanol–water partition coefficient (Wildman–Crippen LogP) is 0.645. The quantitative estimate of drug-likeness (QED) is 0.633. The van der Waals surface area contributed by atoms with Gasteiger partial charge < -0.3 is 15.5 Å². The van der Waals surface area contributed by atoms with Gasteiger partial charge in [-0.05, 0) is 24.6 Å². The average molecular weight is 176 g/mol. The molecule has 0 spiro atoms. The van der Waals surface area contributed by atoms with Crippen LogP contribution in [0.15, 0.2) is 24.2 Å². The van der Waals surface area contributed by atoms with E-state index in [-0.39, 0.29) is 0 Å². The Morgan fingerprint density at radius 3 is 3.42 bits per heavy atom. The van der Waals surface area contributed by atoms with E-state index in [9.17, 15) is 10.2 Å². The van der Waals surface area contributed by atoms with Crippen molar-refractivity contribution >= 4 is 0 Å². The van der Waals surface area contributed by atoms with Gasteiger partial charge in [-0.25, -0.2) is 0 Å². The molecule has 12 heavy (non-hydrogen) atoms. The molecule has 0 aliphatic heterocycles. The molecular formula is C9H13NO2. The number of benzene rings is 1. The van der Waals surface area contributed by atoms with Crippen molar-refractivity contribution in [2.24, 2.45) is 0 Å². The maximum atomic E-state index is 9.93. The number of aliphatic hydroxyl groups excluding tert-OH is 1. The first-order chi connectivity index (χ1) is 9.29. The average Bonchev–Trinajstić information content (AvgIpc) is 2.31. The fourth-order valence-corrected chi connectivity index (χ4v) is 0.625. The lowest BCUT2D eigenvalue weighted by Gasteiger charge is -2.09. The zero-order valence-electron chi connectivity index (χ0n) is 15.0. The molecule has 0 saturated carbocycles. The molecule has 3 nitrogen and oxygen atoms in total. The second-order valence-electron chi connectivity index (χ2n) is 1.93. The van der Waals surface area contributed by atoms with E-state index >= 15 is 0 Å². The van der Waals surface area contributed by atoms with Crippen LogP contribution in [0, 0.1) is 0 Å². The molecule has 1 aromatic rings. The summed E-state index contributed by atoms with van der Waals surface area (Å²) in [5.41, 5.74) is -0.768. The number of likely N-dealkylation sites (N-methyl/N-ethyl adjacent to an activating group) is 1. The number of rotatable bonds is 3. The van der Waals surface area contributed by atoms with Crippen molar-refractivity contribution in [2.75, 3.05) is 13.5 Å². The minimum absolute atomic E-state index is 0.768. The third-order valence-electron chi connectivity index (χ3n) is 1.11. The van der Waals surface area contributed by atoms with Crippen molar-refractivity contribution in [3.8, 4) is 5.75 Å². The molecule has 0 aromatic heterocycles. The van der Waals surface area contributed by atoms with Crippen molar-refractivity contribution < 1.29 is 22.5 Å². The fraction of sp³-hybridized carbons (Fsp3) is 0.333. The summed E-state index contributed by atoms with van der Waals surface area (Å²) >= 11 is 0. The Balaban J connectivity index is 3.41. The van der Waals surface area contributed by atoms with E-state index < -0.39 is 55.1 Å². The highest BCUT2D eigenvalue weighted by atomic mass is 16.3. The summed E-state index contributed by atoms with van der Waals surface area (Å²) in [4.78, 5) is 0. The van der Waals surface area contributed by atoms with E-state index in [4.69, 9.17) is 12.3 Å². The van der Waals surface area contributed by atoms with Crippen molar-refractivity contribution in [3.05, 3.63) is 29.7 Å². The largest absolute Gasteiger partial charge is 0.508 e. The summed E-state index contributed by atoms with van der Waals surface area (Å²) in [6.45, 7) is -5.88. The predicted molar refractivity (Wildman–Crippen MR) is 47.0 cm³/mol. The number of phenols is 1. The molecular weight excluding hydrogens is 154 g/mol. The molecule has 0 bridgehead atoms. The van der Waals surface area contributed by atoms with Gasteiger partial charge >= 0.3 is 0 Å². The summed E-state index contributed by atoms with van der Waals surface area (Å²) in [6.07, 6.45) is -2.30. The maximum Gasteiger partial charge on any atom is 0.115 e. The monoisotopic (exact) mass is 176 g/mol. The zero-order valence-corrected chi connectivity index (χ0v) is 5.97. The third-order valence-corrected chi connectivity index (χ3v) is 1.11. The SMILES string of the molecule is [2H]c1c([2H])c(O)c([2H])c(C(O)C([2H])([2H])NC([2H])([2H])[2H])c1[2H]. The van der Waals surface area contributed by atoms with Gasteiger partial charge in [0.1, 0.15) is 5.75 Å². The maximum absolute atomic E-state index is 9.93. The number of hydrogen-bond donors (Lipinski definition) is 3. The van der Waals surface area contributed by atoms with Crippen LogP contribution in [0.1, 0.15) is 24.0 Å². The lowest BCUT2D eigenvalue weighted by atomic mass is 10.1. The molecule has 66 valence electrons. The van der Waals surface area contributed by atoms with E-state index in [2.05, 4.69) is 0 Å². The molecule has 1 rings (SSSR count). The smallest absolute Gasteiger partial charge is 0.115 e. The van der Waals surface area contributed by atoms with Crippen molar-refractivity contribution in [3.63, 3.8) is 0 Å². The van der Waals surface area contributed by atoms with E-state index in [0.717, 1.165) is 0 Å². The van der Waals surface area contributed by atoms with E-state index in [1.54, 1.807) is 0 Å². The molecule has 0 radical (unpaired) electrons. The molecule has 3 N–H and O–H groups in total. The summed E-state index contributed by atoms with van der Waals surface area (Å²) < 4.78 is 65.6. The molecule has 0 aliphatic rings. The lowest BCUT2D eigenvalue weighted by molar-refractivity contribution is 0.177. The Hall–Kier alpha value is -1.06. The summed E-state index contributed by atoms with van der Waals surface area (Å²) in [5.74, 6) is -0.991. The van der Waals surface area contributed by atoms with E-state index in [1.807, 2.05) is 0 Å². The minimum atomic E-state index is -2.95. The molecule has 1 atom stereocenters. The van der Waals surface area contributed by atoms with Gasteiger partial charge in [0.2, 0.25) is 0 Å². The van der Waals surface area contributed by atoms with Gasteiger partial charge in [0.05, 0.1) is 11.6 Å². The first-order valence-corrected chi connectivity index (χ1v) is 3.06. The standard InChI is InChI=1S/C9H13NO2/c1-10-6-9(12)7-3-2-4-8(11)5-7/h2-5,9-12H,6H2,1H3/i1D3,2D,3D,4D,5D,6D2.